The maximum atomic E-state index is 5.89. The second kappa shape index (κ2) is 6.58. The van der Waals surface area contributed by atoms with Crippen LogP contribution in [0.2, 0.25) is 0 Å². The summed E-state index contributed by atoms with van der Waals surface area (Å²) in [6.45, 7) is 12.1. The Morgan fingerprint density at radius 2 is 1.88 bits per heavy atom. The summed E-state index contributed by atoms with van der Waals surface area (Å²) in [4.78, 5) is 2.36. The molecular formula is C13H28N2O. The van der Waals surface area contributed by atoms with Crippen molar-refractivity contribution in [2.45, 2.75) is 39.7 Å². The molecule has 3 heteroatoms. The fourth-order valence-electron chi connectivity index (χ4n) is 2.23. The van der Waals surface area contributed by atoms with E-state index in [0.29, 0.717) is 11.5 Å². The van der Waals surface area contributed by atoms with E-state index in [9.17, 15) is 0 Å². The van der Waals surface area contributed by atoms with E-state index >= 15 is 0 Å². The van der Waals surface area contributed by atoms with Gasteiger partial charge in [0, 0.05) is 13.1 Å². The lowest BCUT2D eigenvalue weighted by molar-refractivity contribution is 0.0200. The van der Waals surface area contributed by atoms with Gasteiger partial charge in [-0.2, -0.15) is 0 Å². The molecule has 1 aliphatic rings. The van der Waals surface area contributed by atoms with Gasteiger partial charge in [0.1, 0.15) is 0 Å². The molecule has 16 heavy (non-hydrogen) atoms. The normalized spacial score (nSPS) is 19.3. The molecule has 0 bridgehead atoms. The van der Waals surface area contributed by atoms with Crippen molar-refractivity contribution in [1.82, 2.24) is 10.2 Å². The Hall–Kier alpha value is -0.120. The number of nitrogens with one attached hydrogen (secondary N) is 1. The number of nitrogens with zero attached hydrogens (tertiary/aromatic N) is 1. The number of ether oxygens (including phenoxy) is 1. The van der Waals surface area contributed by atoms with Crippen molar-refractivity contribution in [1.29, 1.82) is 0 Å². The Morgan fingerprint density at radius 3 is 2.44 bits per heavy atom. The Labute approximate surface area is 101 Å². The van der Waals surface area contributed by atoms with Crippen LogP contribution in [0.15, 0.2) is 0 Å². The van der Waals surface area contributed by atoms with Crippen molar-refractivity contribution in [3.05, 3.63) is 0 Å². The number of hydrogen-bond donors (Lipinski definition) is 1. The Balaban J connectivity index is 2.05. The third kappa shape index (κ3) is 6.46. The molecule has 3 nitrogen and oxygen atoms in total. The van der Waals surface area contributed by atoms with Gasteiger partial charge in [-0.25, -0.2) is 0 Å². The maximum Gasteiger partial charge on any atom is 0.0600 e. The molecule has 0 unspecified atom stereocenters. The maximum absolute atomic E-state index is 5.89. The molecule has 0 amide bonds. The van der Waals surface area contributed by atoms with Gasteiger partial charge in [0.2, 0.25) is 0 Å². The smallest absolute Gasteiger partial charge is 0.0600 e. The molecule has 0 aromatic carbocycles. The zero-order valence-corrected chi connectivity index (χ0v) is 11.4. The summed E-state index contributed by atoms with van der Waals surface area (Å²) in [5.41, 5.74) is 0.378. The SMILES string of the molecule is CN(CCOC1CCNCC1)CC(C)(C)C. The largest absolute Gasteiger partial charge is 0.377 e. The summed E-state index contributed by atoms with van der Waals surface area (Å²) >= 11 is 0. The van der Waals surface area contributed by atoms with E-state index in [4.69, 9.17) is 4.74 Å². The molecule has 0 radical (unpaired) electrons. The first kappa shape index (κ1) is 13.9. The Bertz CT molecular complexity index is 183. The first-order valence-electron chi connectivity index (χ1n) is 6.48. The number of likely N-dealkylation sites (N-methyl/N-ethyl adjacent to an activating group) is 1. The molecule has 0 spiro atoms. The van der Waals surface area contributed by atoms with E-state index in [-0.39, 0.29) is 0 Å². The lowest BCUT2D eigenvalue weighted by Gasteiger charge is -2.28. The molecule has 1 rings (SSSR count). The third-order valence-corrected chi connectivity index (χ3v) is 2.86. The number of rotatable bonds is 5. The van der Waals surface area contributed by atoms with Crippen molar-refractivity contribution in [2.75, 3.05) is 39.8 Å². The monoisotopic (exact) mass is 228 g/mol. The average molecular weight is 228 g/mol. The molecule has 1 saturated heterocycles. The summed E-state index contributed by atoms with van der Waals surface area (Å²) in [6.07, 6.45) is 2.83. The molecule has 1 fully saturated rings. The molecule has 0 aromatic rings. The van der Waals surface area contributed by atoms with Crippen LogP contribution in [0, 0.1) is 5.41 Å². The van der Waals surface area contributed by atoms with Crippen molar-refractivity contribution in [2.24, 2.45) is 5.41 Å². The molecule has 1 heterocycles. The molecule has 1 aliphatic heterocycles. The van der Waals surface area contributed by atoms with E-state index in [1.165, 1.54) is 12.8 Å². The summed E-state index contributed by atoms with van der Waals surface area (Å²) in [6, 6.07) is 0. The zero-order chi connectivity index (χ0) is 12.0. The quantitative estimate of drug-likeness (QED) is 0.775. The molecule has 0 saturated carbocycles. The van der Waals surface area contributed by atoms with Gasteiger partial charge in [-0.1, -0.05) is 20.8 Å². The van der Waals surface area contributed by atoms with Gasteiger partial charge in [0.25, 0.3) is 0 Å². The predicted molar refractivity (Wildman–Crippen MR) is 68.8 cm³/mol. The molecule has 0 aromatic heterocycles. The number of piperidine rings is 1. The summed E-state index contributed by atoms with van der Waals surface area (Å²) < 4.78 is 5.89. The lowest BCUT2D eigenvalue weighted by Crippen LogP contribution is -2.35. The van der Waals surface area contributed by atoms with Crippen molar-refractivity contribution in [3.63, 3.8) is 0 Å². The van der Waals surface area contributed by atoms with Gasteiger partial charge in [-0.3, -0.25) is 0 Å². The third-order valence-electron chi connectivity index (χ3n) is 2.86. The van der Waals surface area contributed by atoms with E-state index in [1.807, 2.05) is 0 Å². The van der Waals surface area contributed by atoms with E-state index in [0.717, 1.165) is 32.8 Å². The van der Waals surface area contributed by atoms with Crippen LogP contribution in [-0.2, 0) is 4.74 Å². The minimum absolute atomic E-state index is 0.378. The van der Waals surface area contributed by atoms with Gasteiger partial charge < -0.3 is 15.0 Å². The van der Waals surface area contributed by atoms with Gasteiger partial charge in [0.15, 0.2) is 0 Å². The van der Waals surface area contributed by atoms with Crippen LogP contribution in [0.3, 0.4) is 0 Å². The lowest BCUT2D eigenvalue weighted by atomic mass is 9.96. The first-order chi connectivity index (χ1) is 7.47. The van der Waals surface area contributed by atoms with Gasteiger partial charge in [-0.15, -0.1) is 0 Å². The van der Waals surface area contributed by atoms with Crippen molar-refractivity contribution in [3.8, 4) is 0 Å². The average Bonchev–Trinajstić information content (AvgIpc) is 2.16. The molecule has 96 valence electrons. The molecule has 1 N–H and O–H groups in total. The standard InChI is InChI=1S/C13H28N2O/c1-13(2,3)11-15(4)9-10-16-12-5-7-14-8-6-12/h12,14H,5-11H2,1-4H3. The first-order valence-corrected chi connectivity index (χ1v) is 6.48. The van der Waals surface area contributed by atoms with Gasteiger partial charge >= 0.3 is 0 Å². The minimum atomic E-state index is 0.378. The summed E-state index contributed by atoms with van der Waals surface area (Å²) in [7, 11) is 2.18. The van der Waals surface area contributed by atoms with Crippen LogP contribution in [0.1, 0.15) is 33.6 Å². The summed E-state index contributed by atoms with van der Waals surface area (Å²) in [5, 5.41) is 3.35. The van der Waals surface area contributed by atoms with Crippen molar-refractivity contribution < 1.29 is 4.74 Å². The fourth-order valence-corrected chi connectivity index (χ4v) is 2.23. The van der Waals surface area contributed by atoms with E-state index in [1.54, 1.807) is 0 Å². The highest BCUT2D eigenvalue weighted by atomic mass is 16.5. The second-order valence-electron chi connectivity index (χ2n) is 6.12. The highest BCUT2D eigenvalue weighted by molar-refractivity contribution is 4.69. The predicted octanol–water partition coefficient (Wildman–Crippen LogP) is 1.73. The fraction of sp³-hybridized carbons (Fsp3) is 1.00. The molecule has 0 aliphatic carbocycles. The highest BCUT2D eigenvalue weighted by Crippen LogP contribution is 2.14. The summed E-state index contributed by atoms with van der Waals surface area (Å²) in [5.74, 6) is 0. The highest BCUT2D eigenvalue weighted by Gasteiger charge is 2.15. The van der Waals surface area contributed by atoms with Crippen LogP contribution in [0.25, 0.3) is 0 Å². The minimum Gasteiger partial charge on any atom is -0.377 e. The van der Waals surface area contributed by atoms with E-state index < -0.39 is 0 Å². The van der Waals surface area contributed by atoms with E-state index in [2.05, 4.69) is 38.0 Å². The van der Waals surface area contributed by atoms with Crippen LogP contribution in [-0.4, -0.2) is 50.8 Å². The topological polar surface area (TPSA) is 24.5 Å². The number of hydrogen-bond acceptors (Lipinski definition) is 3. The van der Waals surface area contributed by atoms with Crippen LogP contribution >= 0.6 is 0 Å². The molecular weight excluding hydrogens is 200 g/mol. The van der Waals surface area contributed by atoms with Crippen LogP contribution < -0.4 is 5.32 Å². The van der Waals surface area contributed by atoms with Gasteiger partial charge in [-0.05, 0) is 38.4 Å². The Morgan fingerprint density at radius 1 is 1.25 bits per heavy atom. The molecule has 0 atom stereocenters. The zero-order valence-electron chi connectivity index (χ0n) is 11.4. The van der Waals surface area contributed by atoms with Crippen LogP contribution in [0.4, 0.5) is 0 Å². The van der Waals surface area contributed by atoms with Crippen LogP contribution in [0.5, 0.6) is 0 Å². The second-order valence-corrected chi connectivity index (χ2v) is 6.12. The van der Waals surface area contributed by atoms with Crippen molar-refractivity contribution >= 4 is 0 Å². The Kier molecular flexibility index (Phi) is 5.73. The van der Waals surface area contributed by atoms with Gasteiger partial charge in [0.05, 0.1) is 12.7 Å².